The van der Waals surface area contributed by atoms with Crippen LogP contribution in [-0.4, -0.2) is 74.7 Å². The van der Waals surface area contributed by atoms with Crippen molar-refractivity contribution in [1.29, 1.82) is 0 Å². The molecule has 15 heteroatoms. The number of benzene rings is 2. The number of hydrogen-bond acceptors (Lipinski definition) is 8. The first kappa shape index (κ1) is 49.4. The first-order valence-corrected chi connectivity index (χ1v) is 26.1. The van der Waals surface area contributed by atoms with Crippen LogP contribution in [0.1, 0.15) is 77.8 Å². The first-order chi connectivity index (χ1) is 27.0. The maximum atomic E-state index is 11.9. The minimum atomic E-state index is -1.93. The number of hydrogen-bond donors (Lipinski definition) is 1. The minimum absolute atomic E-state index is 0. The van der Waals surface area contributed by atoms with Crippen molar-refractivity contribution < 1.29 is 37.9 Å². The Bertz CT molecular complexity index is 1650. The highest BCUT2D eigenvalue weighted by Gasteiger charge is 2.51. The molecule has 2 aromatic rings. The highest BCUT2D eigenvalue weighted by Crippen LogP contribution is 2.46. The summed E-state index contributed by atoms with van der Waals surface area (Å²) in [6.07, 6.45) is 13.7. The molecule has 0 aromatic heterocycles. The van der Waals surface area contributed by atoms with Crippen LogP contribution in [0.5, 0.6) is 0 Å². The maximum absolute atomic E-state index is 11.9. The number of carbonyl (C=O) groups is 2. The fraction of sp³-hybridized carbons (Fsp3) is 0.581. The van der Waals surface area contributed by atoms with Gasteiger partial charge in [-0.15, -0.1) is 36.5 Å². The van der Waals surface area contributed by atoms with Crippen LogP contribution in [0.3, 0.4) is 0 Å². The van der Waals surface area contributed by atoms with Crippen molar-refractivity contribution >= 4 is 69.4 Å². The summed E-state index contributed by atoms with van der Waals surface area (Å²) in [6, 6.07) is 20.8. The van der Waals surface area contributed by atoms with Gasteiger partial charge in [0.1, 0.15) is 12.2 Å². The van der Waals surface area contributed by atoms with E-state index in [1.807, 2.05) is 30.4 Å². The van der Waals surface area contributed by atoms with Gasteiger partial charge in [0.25, 0.3) is 0 Å². The summed E-state index contributed by atoms with van der Waals surface area (Å²) in [5, 5.41) is 10.4. The highest BCUT2D eigenvalue weighted by molar-refractivity contribution is 7.92. The fourth-order valence-corrected chi connectivity index (χ4v) is 10.4. The van der Waals surface area contributed by atoms with Crippen LogP contribution in [-0.2, 0) is 45.6 Å². The van der Waals surface area contributed by atoms with Crippen LogP contribution in [0.25, 0.3) is 0 Å². The fourth-order valence-electron chi connectivity index (χ4n) is 8.29. The Morgan fingerprint density at radius 3 is 1.62 bits per heavy atom. The average Bonchev–Trinajstić information content (AvgIpc) is 3.86. The number of ether oxygens (including phenoxy) is 2. The van der Waals surface area contributed by atoms with E-state index in [4.69, 9.17) is 23.2 Å². The predicted molar refractivity (Wildman–Crippen MR) is 255 cm³/mol. The molecule has 0 spiro atoms. The van der Waals surface area contributed by atoms with Gasteiger partial charge >= 0.3 is 24.6 Å². The van der Waals surface area contributed by atoms with Crippen LogP contribution in [0.2, 0.25) is 18.1 Å². The number of carbonyl (C=O) groups excluding carboxylic acids is 2. The molecule has 0 bridgehead atoms. The third kappa shape index (κ3) is 14.4. The van der Waals surface area contributed by atoms with Crippen molar-refractivity contribution in [3.05, 3.63) is 96.1 Å². The van der Waals surface area contributed by atoms with E-state index in [1.54, 1.807) is 0 Å². The molecular weight excluding hydrogens is 818 g/mol. The van der Waals surface area contributed by atoms with Gasteiger partial charge < -0.3 is 28.3 Å². The van der Waals surface area contributed by atoms with Crippen LogP contribution in [0, 0.1) is 23.7 Å². The van der Waals surface area contributed by atoms with E-state index < -0.39 is 14.4 Å². The first-order valence-electron chi connectivity index (χ1n) is 20.5. The Morgan fingerprint density at radius 2 is 1.19 bits per heavy atom. The summed E-state index contributed by atoms with van der Waals surface area (Å²) >= 11 is 0. The lowest BCUT2D eigenvalue weighted by Gasteiger charge is -2.39. The summed E-state index contributed by atoms with van der Waals surface area (Å²) in [6.45, 7) is 11.5. The Morgan fingerprint density at radius 1 is 0.759 bits per heavy atom. The predicted octanol–water partition coefficient (Wildman–Crippen LogP) is 8.88. The molecule has 2 saturated carbocycles. The molecule has 318 valence electrons. The van der Waals surface area contributed by atoms with Gasteiger partial charge in [-0.2, -0.15) is 0 Å². The summed E-state index contributed by atoms with van der Waals surface area (Å²) in [5.74, 6) is 0.417. The van der Waals surface area contributed by atoms with Gasteiger partial charge in [-0.05, 0) is 54.9 Å². The Labute approximate surface area is 359 Å². The van der Waals surface area contributed by atoms with E-state index in [9.17, 15) is 14.7 Å². The molecular formula is C43H68B2O8P4Si. The minimum Gasteiger partial charge on any atom is -0.462 e. The second-order valence-electron chi connectivity index (χ2n) is 17.5. The van der Waals surface area contributed by atoms with Gasteiger partial charge in [0.2, 0.25) is 0 Å². The number of esters is 2. The molecule has 58 heavy (non-hydrogen) atoms. The normalized spacial score (nSPS) is 27.6. The zero-order chi connectivity index (χ0) is 41.3. The topological polar surface area (TPSA) is 101 Å². The molecule has 2 heterocycles. The summed E-state index contributed by atoms with van der Waals surface area (Å²) in [5.41, 5.74) is 2.55. The number of aryl methyl sites for hydroxylation is 2. The Kier molecular flexibility index (Phi) is 19.4. The summed E-state index contributed by atoms with van der Waals surface area (Å²) in [4.78, 5) is 23.5. The van der Waals surface area contributed by atoms with Crippen LogP contribution in [0.15, 0.2) is 85.0 Å². The second-order valence-corrected chi connectivity index (χ2v) is 26.4. The van der Waals surface area contributed by atoms with Crippen molar-refractivity contribution in [1.82, 2.24) is 0 Å². The molecule has 2 aliphatic carbocycles. The van der Waals surface area contributed by atoms with E-state index in [0.29, 0.717) is 19.3 Å². The molecule has 6 rings (SSSR count). The lowest BCUT2D eigenvalue weighted by molar-refractivity contribution is -0.142. The Balaban J connectivity index is 0.000000259. The zero-order valence-electron chi connectivity index (χ0n) is 34.3. The number of aliphatic hydroxyl groups is 1. The Hall–Kier alpha value is -1.23. The zero-order valence-corrected chi connectivity index (χ0v) is 39.9. The van der Waals surface area contributed by atoms with Crippen LogP contribution in [0.4, 0.5) is 0 Å². The van der Waals surface area contributed by atoms with Crippen molar-refractivity contribution in [3.63, 3.8) is 0 Å². The molecule has 1 N–H and O–H groups in total. The van der Waals surface area contributed by atoms with E-state index in [-0.39, 0.29) is 91.3 Å². The molecule has 4 fully saturated rings. The van der Waals surface area contributed by atoms with E-state index in [0.717, 1.165) is 32.1 Å². The largest absolute Gasteiger partial charge is 0.462 e. The molecule has 2 aliphatic heterocycles. The van der Waals surface area contributed by atoms with E-state index >= 15 is 0 Å². The van der Waals surface area contributed by atoms with Gasteiger partial charge in [-0.1, -0.05) is 113 Å². The molecule has 0 amide bonds. The smallest absolute Gasteiger partial charge is 0.336 e. The standard InChI is InChI=1S/C24H39BO4P2Si.C18H25BO4P2.CH4/c1-24(2,3)32(4,5)29-18(12-11-17-9-7-6-8-10-17)13-14-19-20-15-23(26)27-21(20)16-22(19)28-25(30)31;20-13(7-6-12-4-2-1-3-5-12)8-9-14-15-10-18(21)22-16(15)11-17(14)23-19(24)25;/h6-10,13-14,18-22H,11-12,15-16,30-31H2,1-5H3;1-5,8-9,13-17,20H,6-7,10-11,24-25H2;1H4/b14-13+;9-8+;/t18-,19+,20+,21-,22+;13-,14+,15+,16-,17+;/m00./s1. The van der Waals surface area contributed by atoms with Crippen molar-refractivity contribution in [2.45, 2.75) is 134 Å². The third-order valence-electron chi connectivity index (χ3n) is 12.3. The van der Waals surface area contributed by atoms with E-state index in [1.165, 1.54) is 11.1 Å². The molecule has 14 atom stereocenters. The lowest BCUT2D eigenvalue weighted by atomic mass is 9.91. The van der Waals surface area contributed by atoms with Crippen molar-refractivity contribution in [3.8, 4) is 0 Å². The van der Waals surface area contributed by atoms with Gasteiger partial charge in [0.15, 0.2) is 8.32 Å². The molecule has 2 saturated heterocycles. The second kappa shape index (κ2) is 22.7. The molecule has 8 nitrogen and oxygen atoms in total. The van der Waals surface area contributed by atoms with Crippen molar-refractivity contribution in [2.75, 3.05) is 0 Å². The molecule has 4 aliphatic rings. The monoisotopic (exact) mass is 886 g/mol. The number of rotatable bonds is 16. The van der Waals surface area contributed by atoms with Gasteiger partial charge in [0, 0.05) is 36.5 Å². The highest BCUT2D eigenvalue weighted by atomic mass is 31.1. The third-order valence-corrected chi connectivity index (χ3v) is 17.4. The van der Waals surface area contributed by atoms with Crippen molar-refractivity contribution in [2.24, 2.45) is 23.7 Å². The SMILES string of the molecule is C.CC(C)(C)[Si](C)(C)O[C@H](/C=C/[C@@H]1[C@H]2CC(=O)O[C@H]2C[C@H]1OB(P)P)CCc1ccccc1.O=C1C[C@@H]2[C@@H](/C=C/[C@@H](O)CCc3ccccc3)[C@H](OB(P)P)C[C@@H]2O1. The molecule has 0 radical (unpaired) electrons. The van der Waals surface area contributed by atoms with Gasteiger partial charge in [-0.25, -0.2) is 0 Å². The summed E-state index contributed by atoms with van der Waals surface area (Å²) < 4.78 is 29.9. The molecule has 2 aromatic carbocycles. The number of fused-ring (bicyclic) bond motifs is 2. The van der Waals surface area contributed by atoms with Gasteiger partial charge in [-0.3, -0.25) is 9.59 Å². The average molecular weight is 887 g/mol. The van der Waals surface area contributed by atoms with Crippen LogP contribution >= 0.6 is 36.5 Å². The summed E-state index contributed by atoms with van der Waals surface area (Å²) in [7, 11) is 8.65. The number of aliphatic hydroxyl groups excluding tert-OH is 1. The van der Waals surface area contributed by atoms with Crippen LogP contribution < -0.4 is 0 Å². The maximum Gasteiger partial charge on any atom is 0.336 e. The lowest BCUT2D eigenvalue weighted by Crippen LogP contribution is -2.43. The molecule has 4 unspecified atom stereocenters. The quantitative estimate of drug-likeness (QED) is 0.0773. The van der Waals surface area contributed by atoms with Gasteiger partial charge in [0.05, 0.1) is 37.3 Å². The van der Waals surface area contributed by atoms with E-state index in [2.05, 4.69) is 125 Å².